The van der Waals surface area contributed by atoms with E-state index in [1.54, 1.807) is 7.05 Å². The molecule has 7 heteroatoms. The lowest BCUT2D eigenvalue weighted by molar-refractivity contribution is 0.0392. The minimum Gasteiger partial charge on any atom is -0.492 e. The first kappa shape index (κ1) is 26.4. The lowest BCUT2D eigenvalue weighted by Crippen LogP contribution is -2.38. The summed E-state index contributed by atoms with van der Waals surface area (Å²) in [6.07, 6.45) is 2.22. The van der Waals surface area contributed by atoms with Gasteiger partial charge >= 0.3 is 0 Å². The number of nitrogens with one attached hydrogen (secondary N) is 2. The highest BCUT2D eigenvalue weighted by Gasteiger charge is 2.17. The SMILES string of the molecule is CN=C(NCc1cccc(OCCN(C)C2CCOCC2)c1)NCc1ccccc1C.I. The van der Waals surface area contributed by atoms with Crippen molar-refractivity contribution >= 4 is 29.9 Å². The van der Waals surface area contributed by atoms with Crippen LogP contribution >= 0.6 is 24.0 Å². The van der Waals surface area contributed by atoms with Crippen LogP contribution in [0.3, 0.4) is 0 Å². The number of halogens is 1. The fraction of sp³-hybridized carbons (Fsp3) is 0.480. The van der Waals surface area contributed by atoms with Crippen LogP contribution in [-0.2, 0) is 17.8 Å². The Morgan fingerprint density at radius 2 is 1.84 bits per heavy atom. The van der Waals surface area contributed by atoms with E-state index in [9.17, 15) is 0 Å². The molecule has 0 aliphatic carbocycles. The van der Waals surface area contributed by atoms with Crippen molar-refractivity contribution in [1.82, 2.24) is 15.5 Å². The predicted octanol–water partition coefficient (Wildman–Crippen LogP) is 3.97. The van der Waals surface area contributed by atoms with E-state index in [1.807, 2.05) is 12.1 Å². The van der Waals surface area contributed by atoms with Gasteiger partial charge in [-0.05, 0) is 55.6 Å². The van der Waals surface area contributed by atoms with Crippen LogP contribution in [0.5, 0.6) is 5.75 Å². The average Bonchev–Trinajstić information content (AvgIpc) is 2.81. The van der Waals surface area contributed by atoms with E-state index in [0.717, 1.165) is 56.4 Å². The zero-order valence-electron chi connectivity index (χ0n) is 19.5. The van der Waals surface area contributed by atoms with Gasteiger partial charge in [0.2, 0.25) is 0 Å². The van der Waals surface area contributed by atoms with Crippen LogP contribution in [-0.4, -0.2) is 57.4 Å². The van der Waals surface area contributed by atoms with Crippen LogP contribution < -0.4 is 15.4 Å². The summed E-state index contributed by atoms with van der Waals surface area (Å²) in [6.45, 7) is 6.90. The number of aryl methyl sites for hydroxylation is 1. The van der Waals surface area contributed by atoms with Crippen molar-refractivity contribution in [2.75, 3.05) is 40.5 Å². The number of hydrogen-bond donors (Lipinski definition) is 2. The van der Waals surface area contributed by atoms with E-state index in [1.165, 1.54) is 11.1 Å². The van der Waals surface area contributed by atoms with Gasteiger partial charge in [-0.1, -0.05) is 36.4 Å². The zero-order chi connectivity index (χ0) is 21.9. The second-order valence-electron chi connectivity index (χ2n) is 8.03. The van der Waals surface area contributed by atoms with Gasteiger partial charge in [-0.25, -0.2) is 0 Å². The number of aliphatic imine (C=N–C) groups is 1. The van der Waals surface area contributed by atoms with Crippen LogP contribution in [0.1, 0.15) is 29.5 Å². The van der Waals surface area contributed by atoms with E-state index in [0.29, 0.717) is 19.2 Å². The van der Waals surface area contributed by atoms with Gasteiger partial charge < -0.3 is 20.1 Å². The summed E-state index contributed by atoms with van der Waals surface area (Å²) < 4.78 is 11.5. The number of hydrogen-bond acceptors (Lipinski definition) is 4. The molecule has 1 heterocycles. The normalized spacial score (nSPS) is 14.7. The summed E-state index contributed by atoms with van der Waals surface area (Å²) >= 11 is 0. The second kappa shape index (κ2) is 14.3. The minimum atomic E-state index is 0. The Bertz CT molecular complexity index is 840. The summed E-state index contributed by atoms with van der Waals surface area (Å²) in [5.41, 5.74) is 3.71. The molecule has 1 aliphatic heterocycles. The standard InChI is InChI=1S/C25H36N4O2.HI/c1-20-7-4-5-9-22(20)19-28-25(26-2)27-18-21-8-6-10-24(17-21)31-16-13-29(3)23-11-14-30-15-12-23;/h4-10,17,23H,11-16,18-19H2,1-3H3,(H2,26,27,28);1H. The number of nitrogens with zero attached hydrogens (tertiary/aromatic N) is 2. The fourth-order valence-corrected chi connectivity index (χ4v) is 3.75. The van der Waals surface area contributed by atoms with E-state index < -0.39 is 0 Å². The molecule has 6 nitrogen and oxygen atoms in total. The molecule has 0 radical (unpaired) electrons. The van der Waals surface area contributed by atoms with Gasteiger partial charge in [-0.3, -0.25) is 9.89 Å². The maximum atomic E-state index is 6.01. The molecule has 0 spiro atoms. The van der Waals surface area contributed by atoms with Crippen molar-refractivity contribution in [2.24, 2.45) is 4.99 Å². The topological polar surface area (TPSA) is 58.1 Å². The van der Waals surface area contributed by atoms with E-state index >= 15 is 0 Å². The number of rotatable bonds is 9. The van der Waals surface area contributed by atoms with Crippen LogP contribution in [0.2, 0.25) is 0 Å². The van der Waals surface area contributed by atoms with Gasteiger partial charge in [0.1, 0.15) is 12.4 Å². The molecule has 2 aromatic rings. The van der Waals surface area contributed by atoms with Crippen molar-refractivity contribution in [3.8, 4) is 5.75 Å². The first-order valence-electron chi connectivity index (χ1n) is 11.1. The van der Waals surface area contributed by atoms with Gasteiger partial charge in [0, 0.05) is 45.9 Å². The predicted molar refractivity (Wildman–Crippen MR) is 142 cm³/mol. The molecule has 2 N–H and O–H groups in total. The molecule has 0 atom stereocenters. The fourth-order valence-electron chi connectivity index (χ4n) is 3.75. The Morgan fingerprint density at radius 3 is 2.59 bits per heavy atom. The van der Waals surface area contributed by atoms with Crippen LogP contribution in [0.25, 0.3) is 0 Å². The average molecular weight is 553 g/mol. The third-order valence-corrected chi connectivity index (χ3v) is 5.82. The molecule has 0 amide bonds. The third kappa shape index (κ3) is 8.60. The van der Waals surface area contributed by atoms with E-state index in [2.05, 4.69) is 70.9 Å². The molecule has 32 heavy (non-hydrogen) atoms. The number of benzene rings is 2. The smallest absolute Gasteiger partial charge is 0.191 e. The quantitative estimate of drug-likeness (QED) is 0.280. The van der Waals surface area contributed by atoms with Crippen molar-refractivity contribution in [1.29, 1.82) is 0 Å². The molecule has 0 saturated carbocycles. The third-order valence-electron chi connectivity index (χ3n) is 5.82. The molecule has 1 aliphatic rings. The van der Waals surface area contributed by atoms with Crippen LogP contribution in [0.15, 0.2) is 53.5 Å². The Hall–Kier alpha value is -1.84. The first-order chi connectivity index (χ1) is 15.2. The summed E-state index contributed by atoms with van der Waals surface area (Å²) in [4.78, 5) is 6.72. The second-order valence-corrected chi connectivity index (χ2v) is 8.03. The highest BCUT2D eigenvalue weighted by atomic mass is 127. The minimum absolute atomic E-state index is 0. The molecule has 176 valence electrons. The van der Waals surface area contributed by atoms with Gasteiger partial charge in [-0.15, -0.1) is 24.0 Å². The summed E-state index contributed by atoms with van der Waals surface area (Å²) in [6, 6.07) is 17.2. The van der Waals surface area contributed by atoms with Crippen LogP contribution in [0.4, 0.5) is 0 Å². The lowest BCUT2D eigenvalue weighted by Gasteiger charge is -2.31. The molecule has 0 aromatic heterocycles. The molecule has 0 bridgehead atoms. The largest absolute Gasteiger partial charge is 0.492 e. The number of ether oxygens (including phenoxy) is 2. The van der Waals surface area contributed by atoms with Gasteiger partial charge in [0.15, 0.2) is 5.96 Å². The first-order valence-corrected chi connectivity index (χ1v) is 11.1. The number of likely N-dealkylation sites (N-methyl/N-ethyl adjacent to an activating group) is 1. The Balaban J connectivity index is 0.00000363. The lowest BCUT2D eigenvalue weighted by atomic mass is 10.1. The maximum absolute atomic E-state index is 6.01. The van der Waals surface area contributed by atoms with Gasteiger partial charge in [-0.2, -0.15) is 0 Å². The Morgan fingerprint density at radius 1 is 1.09 bits per heavy atom. The van der Waals surface area contributed by atoms with Crippen LogP contribution in [0, 0.1) is 6.92 Å². The molecule has 1 saturated heterocycles. The monoisotopic (exact) mass is 552 g/mol. The zero-order valence-corrected chi connectivity index (χ0v) is 21.8. The summed E-state index contributed by atoms with van der Waals surface area (Å²) in [5.74, 6) is 1.69. The molecular formula is C25H37IN4O2. The number of guanidine groups is 1. The van der Waals surface area contributed by atoms with E-state index in [4.69, 9.17) is 9.47 Å². The van der Waals surface area contributed by atoms with Crippen molar-refractivity contribution in [2.45, 2.75) is 38.9 Å². The Labute approximate surface area is 209 Å². The van der Waals surface area contributed by atoms with Gasteiger partial charge in [0.25, 0.3) is 0 Å². The molecule has 1 fully saturated rings. The molecule has 0 unspecified atom stereocenters. The van der Waals surface area contributed by atoms with Gasteiger partial charge in [0.05, 0.1) is 0 Å². The summed E-state index contributed by atoms with van der Waals surface area (Å²) in [5, 5.41) is 6.77. The van der Waals surface area contributed by atoms with Crippen molar-refractivity contribution in [3.05, 3.63) is 65.2 Å². The molecule has 2 aromatic carbocycles. The van der Waals surface area contributed by atoms with E-state index in [-0.39, 0.29) is 24.0 Å². The highest BCUT2D eigenvalue weighted by molar-refractivity contribution is 14.0. The summed E-state index contributed by atoms with van der Waals surface area (Å²) in [7, 11) is 3.97. The van der Waals surface area contributed by atoms with Crippen molar-refractivity contribution < 1.29 is 9.47 Å². The Kier molecular flexibility index (Phi) is 11.8. The highest BCUT2D eigenvalue weighted by Crippen LogP contribution is 2.15. The maximum Gasteiger partial charge on any atom is 0.191 e. The molecular weight excluding hydrogens is 515 g/mol. The molecule has 3 rings (SSSR count). The van der Waals surface area contributed by atoms with Crippen molar-refractivity contribution in [3.63, 3.8) is 0 Å².